The van der Waals surface area contributed by atoms with Gasteiger partial charge in [-0.05, 0) is 44.3 Å². The van der Waals surface area contributed by atoms with Gasteiger partial charge < -0.3 is 10.2 Å². The van der Waals surface area contributed by atoms with Gasteiger partial charge in [0.2, 0.25) is 0 Å². The SMILES string of the molecule is CCN(CC)CCCNc1nc2ccc(F)cc2s1. The number of rotatable bonds is 7. The molecule has 0 aliphatic rings. The molecule has 1 aromatic carbocycles. The molecule has 0 saturated heterocycles. The molecule has 0 unspecified atom stereocenters. The van der Waals surface area contributed by atoms with Gasteiger partial charge in [0, 0.05) is 6.54 Å². The number of nitrogens with zero attached hydrogens (tertiary/aromatic N) is 2. The van der Waals surface area contributed by atoms with Gasteiger partial charge >= 0.3 is 0 Å². The number of benzene rings is 1. The Morgan fingerprint density at radius 2 is 2.11 bits per heavy atom. The normalized spacial score (nSPS) is 11.4. The first-order chi connectivity index (χ1) is 9.22. The molecule has 2 aromatic rings. The molecule has 0 fully saturated rings. The number of anilines is 1. The van der Waals surface area contributed by atoms with Crippen molar-refractivity contribution in [1.29, 1.82) is 0 Å². The summed E-state index contributed by atoms with van der Waals surface area (Å²) < 4.78 is 14.0. The quantitative estimate of drug-likeness (QED) is 0.786. The number of nitrogens with one attached hydrogen (secondary N) is 1. The standard InChI is InChI=1S/C14H20FN3S/c1-3-18(4-2)9-5-8-16-14-17-12-7-6-11(15)10-13(12)19-14/h6-7,10H,3-5,8-9H2,1-2H3,(H,16,17). The predicted octanol–water partition coefficient (Wildman–Crippen LogP) is 3.58. The average Bonchev–Trinajstić information content (AvgIpc) is 2.80. The summed E-state index contributed by atoms with van der Waals surface area (Å²) in [5.41, 5.74) is 0.859. The summed E-state index contributed by atoms with van der Waals surface area (Å²) in [7, 11) is 0. The smallest absolute Gasteiger partial charge is 0.183 e. The molecule has 2 rings (SSSR count). The van der Waals surface area contributed by atoms with E-state index in [-0.39, 0.29) is 5.82 Å². The van der Waals surface area contributed by atoms with E-state index in [2.05, 4.69) is 29.0 Å². The van der Waals surface area contributed by atoms with Crippen LogP contribution in [0.4, 0.5) is 9.52 Å². The summed E-state index contributed by atoms with van der Waals surface area (Å²) >= 11 is 1.51. The minimum absolute atomic E-state index is 0.204. The lowest BCUT2D eigenvalue weighted by atomic mass is 10.3. The first-order valence-electron chi connectivity index (χ1n) is 6.75. The van der Waals surface area contributed by atoms with Crippen LogP contribution in [0.25, 0.3) is 10.2 Å². The molecule has 1 heterocycles. The van der Waals surface area contributed by atoms with Crippen molar-refractivity contribution >= 4 is 26.7 Å². The van der Waals surface area contributed by atoms with Gasteiger partial charge in [0.1, 0.15) is 5.82 Å². The van der Waals surface area contributed by atoms with Gasteiger partial charge in [-0.1, -0.05) is 25.2 Å². The third-order valence-corrected chi connectivity index (χ3v) is 4.15. The Kier molecular flexibility index (Phi) is 5.10. The minimum Gasteiger partial charge on any atom is -0.361 e. The highest BCUT2D eigenvalue weighted by molar-refractivity contribution is 7.22. The average molecular weight is 281 g/mol. The summed E-state index contributed by atoms with van der Waals surface area (Å²) in [5, 5.41) is 4.19. The van der Waals surface area contributed by atoms with Gasteiger partial charge in [-0.25, -0.2) is 9.37 Å². The Bertz CT molecular complexity index is 522. The van der Waals surface area contributed by atoms with Crippen LogP contribution in [-0.4, -0.2) is 36.1 Å². The molecule has 19 heavy (non-hydrogen) atoms. The molecule has 0 amide bonds. The number of fused-ring (bicyclic) bond motifs is 1. The lowest BCUT2D eigenvalue weighted by molar-refractivity contribution is 0.303. The summed E-state index contributed by atoms with van der Waals surface area (Å²) in [6, 6.07) is 4.71. The van der Waals surface area contributed by atoms with Crippen LogP contribution in [-0.2, 0) is 0 Å². The lowest BCUT2D eigenvalue weighted by Gasteiger charge is -2.17. The zero-order valence-corrected chi connectivity index (χ0v) is 12.3. The molecule has 0 aliphatic carbocycles. The molecule has 0 aliphatic heterocycles. The maximum Gasteiger partial charge on any atom is 0.183 e. The fraction of sp³-hybridized carbons (Fsp3) is 0.500. The molecule has 0 atom stereocenters. The molecule has 104 valence electrons. The zero-order valence-electron chi connectivity index (χ0n) is 11.4. The summed E-state index contributed by atoms with van der Waals surface area (Å²) in [5.74, 6) is -0.204. The largest absolute Gasteiger partial charge is 0.361 e. The molecule has 0 spiro atoms. The van der Waals surface area contributed by atoms with Crippen molar-refractivity contribution in [2.75, 3.05) is 31.5 Å². The van der Waals surface area contributed by atoms with Crippen LogP contribution in [0.1, 0.15) is 20.3 Å². The highest BCUT2D eigenvalue weighted by Crippen LogP contribution is 2.26. The maximum absolute atomic E-state index is 13.1. The molecular formula is C14H20FN3S. The lowest BCUT2D eigenvalue weighted by Crippen LogP contribution is -2.25. The number of halogens is 1. The van der Waals surface area contributed by atoms with E-state index in [0.29, 0.717) is 0 Å². The van der Waals surface area contributed by atoms with E-state index in [1.54, 1.807) is 6.07 Å². The van der Waals surface area contributed by atoms with Crippen LogP contribution in [0.15, 0.2) is 18.2 Å². The van der Waals surface area contributed by atoms with Gasteiger partial charge in [0.15, 0.2) is 5.13 Å². The molecule has 5 heteroatoms. The van der Waals surface area contributed by atoms with Gasteiger partial charge in [0.25, 0.3) is 0 Å². The van der Waals surface area contributed by atoms with Crippen LogP contribution in [0.3, 0.4) is 0 Å². The van der Waals surface area contributed by atoms with Gasteiger partial charge in [-0.3, -0.25) is 0 Å². The molecule has 0 radical (unpaired) electrons. The van der Waals surface area contributed by atoms with Crippen LogP contribution in [0.5, 0.6) is 0 Å². The van der Waals surface area contributed by atoms with Crippen molar-refractivity contribution in [3.8, 4) is 0 Å². The van der Waals surface area contributed by atoms with Crippen molar-refractivity contribution in [2.45, 2.75) is 20.3 Å². The van der Waals surface area contributed by atoms with E-state index >= 15 is 0 Å². The molecular weight excluding hydrogens is 261 g/mol. The first kappa shape index (κ1) is 14.2. The fourth-order valence-corrected chi connectivity index (χ4v) is 2.93. The van der Waals surface area contributed by atoms with Gasteiger partial charge in [0.05, 0.1) is 10.2 Å². The summed E-state index contributed by atoms with van der Waals surface area (Å²) in [4.78, 5) is 6.84. The van der Waals surface area contributed by atoms with Crippen molar-refractivity contribution in [3.63, 3.8) is 0 Å². The fourth-order valence-electron chi connectivity index (χ4n) is 2.01. The molecule has 0 bridgehead atoms. The van der Waals surface area contributed by atoms with E-state index in [1.165, 1.54) is 23.5 Å². The maximum atomic E-state index is 13.1. The van der Waals surface area contributed by atoms with E-state index in [0.717, 1.165) is 47.9 Å². The first-order valence-corrected chi connectivity index (χ1v) is 7.57. The predicted molar refractivity (Wildman–Crippen MR) is 80.5 cm³/mol. The van der Waals surface area contributed by atoms with E-state index in [4.69, 9.17) is 0 Å². The number of hydrogen-bond donors (Lipinski definition) is 1. The Morgan fingerprint density at radius 1 is 1.32 bits per heavy atom. The van der Waals surface area contributed by atoms with E-state index in [9.17, 15) is 4.39 Å². The van der Waals surface area contributed by atoms with Crippen molar-refractivity contribution in [1.82, 2.24) is 9.88 Å². The third kappa shape index (κ3) is 3.88. The Morgan fingerprint density at radius 3 is 2.84 bits per heavy atom. The van der Waals surface area contributed by atoms with Gasteiger partial charge in [-0.15, -0.1) is 0 Å². The Labute approximate surface area is 117 Å². The molecule has 0 saturated carbocycles. The van der Waals surface area contributed by atoms with Crippen molar-refractivity contribution < 1.29 is 4.39 Å². The molecule has 1 N–H and O–H groups in total. The minimum atomic E-state index is -0.204. The van der Waals surface area contributed by atoms with E-state index in [1.807, 2.05) is 0 Å². The number of aromatic nitrogens is 1. The Hall–Kier alpha value is -1.20. The van der Waals surface area contributed by atoms with Crippen LogP contribution >= 0.6 is 11.3 Å². The van der Waals surface area contributed by atoms with Gasteiger partial charge in [-0.2, -0.15) is 0 Å². The highest BCUT2D eigenvalue weighted by atomic mass is 32.1. The third-order valence-electron chi connectivity index (χ3n) is 3.17. The van der Waals surface area contributed by atoms with Crippen molar-refractivity contribution in [2.24, 2.45) is 0 Å². The second kappa shape index (κ2) is 6.82. The van der Waals surface area contributed by atoms with E-state index < -0.39 is 0 Å². The Balaban J connectivity index is 1.84. The molecule has 1 aromatic heterocycles. The second-order valence-corrected chi connectivity index (χ2v) is 5.47. The van der Waals surface area contributed by atoms with Crippen LogP contribution in [0, 0.1) is 5.82 Å². The summed E-state index contributed by atoms with van der Waals surface area (Å²) in [6.45, 7) is 8.55. The topological polar surface area (TPSA) is 28.2 Å². The monoisotopic (exact) mass is 281 g/mol. The van der Waals surface area contributed by atoms with Crippen LogP contribution in [0.2, 0.25) is 0 Å². The number of hydrogen-bond acceptors (Lipinski definition) is 4. The number of thiazole rings is 1. The highest BCUT2D eigenvalue weighted by Gasteiger charge is 2.04. The molecule has 3 nitrogen and oxygen atoms in total. The van der Waals surface area contributed by atoms with Crippen LogP contribution < -0.4 is 5.32 Å². The van der Waals surface area contributed by atoms with Crippen molar-refractivity contribution in [3.05, 3.63) is 24.0 Å². The second-order valence-electron chi connectivity index (χ2n) is 4.44. The summed E-state index contributed by atoms with van der Waals surface area (Å²) in [6.07, 6.45) is 1.09. The zero-order chi connectivity index (χ0) is 13.7.